The summed E-state index contributed by atoms with van der Waals surface area (Å²) in [6.07, 6.45) is 0. The van der Waals surface area contributed by atoms with Crippen LogP contribution in [0.15, 0.2) is 24.3 Å². The molecule has 0 radical (unpaired) electrons. The molecule has 2 aliphatic heterocycles. The van der Waals surface area contributed by atoms with Gasteiger partial charge >= 0.3 is 0 Å². The molecule has 0 bridgehead atoms. The van der Waals surface area contributed by atoms with E-state index in [0.29, 0.717) is 25.6 Å². The van der Waals surface area contributed by atoms with Crippen LogP contribution >= 0.6 is 0 Å². The number of phenols is 1. The van der Waals surface area contributed by atoms with Gasteiger partial charge in [0.1, 0.15) is 11.4 Å². The monoisotopic (exact) mass is 427 g/mol. The first kappa shape index (κ1) is 21.8. The van der Waals surface area contributed by atoms with Crippen molar-refractivity contribution in [3.05, 3.63) is 30.0 Å². The number of nitrogens with zero attached hydrogens (tertiary/aromatic N) is 5. The first-order valence-corrected chi connectivity index (χ1v) is 11.3. The molecule has 2 saturated heterocycles. The smallest absolute Gasteiger partial charge is 0.184 e. The molecule has 0 aliphatic carbocycles. The van der Waals surface area contributed by atoms with E-state index in [1.165, 1.54) is 0 Å². The molecule has 4 rings (SSSR count). The van der Waals surface area contributed by atoms with Gasteiger partial charge in [0, 0.05) is 51.4 Å². The number of hydrogen-bond donors (Lipinski definition) is 1. The molecule has 1 aromatic heterocycles. The molecule has 8 heteroatoms. The topological polar surface area (TPSA) is 74.2 Å². The Morgan fingerprint density at radius 2 is 1.74 bits per heavy atom. The fraction of sp³-hybridized carbons (Fsp3) is 0.565. The molecule has 2 fully saturated rings. The predicted molar refractivity (Wildman–Crippen MR) is 121 cm³/mol. The second kappa shape index (κ2) is 10.3. The summed E-state index contributed by atoms with van der Waals surface area (Å²) in [4.78, 5) is 17.0. The summed E-state index contributed by atoms with van der Waals surface area (Å²) in [6, 6.07) is 7.13. The number of hydrogen-bond acceptors (Lipinski definition) is 8. The van der Waals surface area contributed by atoms with Crippen LogP contribution in [-0.4, -0.2) is 90.5 Å². The van der Waals surface area contributed by atoms with E-state index in [2.05, 4.69) is 21.6 Å². The molecule has 2 aromatic rings. The summed E-state index contributed by atoms with van der Waals surface area (Å²) >= 11 is 0. The van der Waals surface area contributed by atoms with Crippen molar-refractivity contribution in [1.29, 1.82) is 0 Å². The van der Waals surface area contributed by atoms with E-state index in [1.807, 2.05) is 19.1 Å². The Bertz CT molecular complexity index is 864. The molecule has 0 atom stereocenters. The zero-order chi connectivity index (χ0) is 21.6. The second-order valence-electron chi connectivity index (χ2n) is 7.94. The summed E-state index contributed by atoms with van der Waals surface area (Å²) in [5.74, 6) is 2.41. The molecule has 3 heterocycles. The van der Waals surface area contributed by atoms with Gasteiger partial charge < -0.3 is 24.4 Å². The summed E-state index contributed by atoms with van der Waals surface area (Å²) in [5, 5.41) is 9.99. The quantitative estimate of drug-likeness (QED) is 0.721. The molecule has 31 heavy (non-hydrogen) atoms. The first-order chi connectivity index (χ1) is 15.2. The molecule has 2 aliphatic rings. The maximum Gasteiger partial charge on any atom is 0.184 e. The molecule has 1 N–H and O–H groups in total. The molecule has 0 spiro atoms. The molecule has 0 saturated carbocycles. The lowest BCUT2D eigenvalue weighted by Gasteiger charge is -2.34. The van der Waals surface area contributed by atoms with Gasteiger partial charge in [0.25, 0.3) is 0 Å². The highest BCUT2D eigenvalue weighted by Gasteiger charge is 2.25. The number of likely N-dealkylation sites (N-methyl/N-ethyl adjacent to an activating group) is 1. The Kier molecular flexibility index (Phi) is 7.21. The highest BCUT2D eigenvalue weighted by atomic mass is 16.5. The summed E-state index contributed by atoms with van der Waals surface area (Å²) in [6.45, 7) is 13.6. The van der Waals surface area contributed by atoms with Gasteiger partial charge in [-0.05, 0) is 25.6 Å². The molecule has 0 unspecified atom stereocenters. The van der Waals surface area contributed by atoms with Crippen molar-refractivity contribution >= 4 is 5.82 Å². The minimum atomic E-state index is 0.208. The van der Waals surface area contributed by atoms with Gasteiger partial charge in [0.2, 0.25) is 0 Å². The maximum absolute atomic E-state index is 9.99. The van der Waals surface area contributed by atoms with Gasteiger partial charge in [-0.1, -0.05) is 19.1 Å². The lowest BCUT2D eigenvalue weighted by Crippen LogP contribution is -2.45. The lowest BCUT2D eigenvalue weighted by atomic mass is 10.2. The fourth-order valence-electron chi connectivity index (χ4n) is 4.12. The first-order valence-electron chi connectivity index (χ1n) is 11.3. The van der Waals surface area contributed by atoms with Crippen LogP contribution in [0.2, 0.25) is 0 Å². The van der Waals surface area contributed by atoms with Gasteiger partial charge in [0.05, 0.1) is 19.8 Å². The number of aromatic hydroxyl groups is 1. The molecule has 0 amide bonds. The average Bonchev–Trinajstić information content (AvgIpc) is 2.81. The van der Waals surface area contributed by atoms with E-state index < -0.39 is 0 Å². The zero-order valence-corrected chi connectivity index (χ0v) is 18.6. The van der Waals surface area contributed by atoms with Gasteiger partial charge in [-0.2, -0.15) is 0 Å². The van der Waals surface area contributed by atoms with Gasteiger partial charge in [-0.15, -0.1) is 0 Å². The van der Waals surface area contributed by atoms with Crippen LogP contribution in [0, 0.1) is 0 Å². The number of phenolic OH excluding ortho intramolecular Hbond substituents is 1. The average molecular weight is 428 g/mol. The number of piperazine rings is 1. The molecular weight excluding hydrogens is 394 g/mol. The molecule has 168 valence electrons. The summed E-state index contributed by atoms with van der Waals surface area (Å²) in [5.41, 5.74) is 1.70. The van der Waals surface area contributed by atoms with E-state index in [4.69, 9.17) is 19.4 Å². The van der Waals surface area contributed by atoms with Crippen molar-refractivity contribution in [3.8, 4) is 22.9 Å². The largest absolute Gasteiger partial charge is 0.508 e. The zero-order valence-electron chi connectivity index (χ0n) is 18.6. The van der Waals surface area contributed by atoms with E-state index in [1.54, 1.807) is 12.1 Å². The van der Waals surface area contributed by atoms with E-state index in [9.17, 15) is 5.11 Å². The molecule has 1 aromatic carbocycles. The highest BCUT2D eigenvalue weighted by molar-refractivity contribution is 5.64. The van der Waals surface area contributed by atoms with E-state index in [-0.39, 0.29) is 5.75 Å². The Hall–Kier alpha value is -2.42. The number of rotatable bonds is 7. The van der Waals surface area contributed by atoms with Crippen molar-refractivity contribution in [3.63, 3.8) is 0 Å². The van der Waals surface area contributed by atoms with Crippen LogP contribution in [0.1, 0.15) is 19.5 Å². The van der Waals surface area contributed by atoms with E-state index in [0.717, 1.165) is 75.2 Å². The predicted octanol–water partition coefficient (Wildman–Crippen LogP) is 2.22. The highest BCUT2D eigenvalue weighted by Crippen LogP contribution is 2.34. The maximum atomic E-state index is 9.99. The van der Waals surface area contributed by atoms with Crippen LogP contribution in [0.4, 0.5) is 5.82 Å². The number of ether oxygens (including phenoxy) is 2. The third kappa shape index (κ3) is 5.26. The van der Waals surface area contributed by atoms with Crippen molar-refractivity contribution in [2.75, 3.05) is 70.5 Å². The lowest BCUT2D eigenvalue weighted by molar-refractivity contribution is 0.121. The van der Waals surface area contributed by atoms with Crippen LogP contribution in [-0.2, 0) is 11.3 Å². The van der Waals surface area contributed by atoms with Crippen LogP contribution < -0.4 is 9.64 Å². The summed E-state index contributed by atoms with van der Waals surface area (Å²) < 4.78 is 11.7. The third-order valence-corrected chi connectivity index (χ3v) is 5.91. The van der Waals surface area contributed by atoms with Crippen molar-refractivity contribution < 1.29 is 14.6 Å². The van der Waals surface area contributed by atoms with Crippen molar-refractivity contribution in [2.45, 2.75) is 20.4 Å². The Balaban J connectivity index is 1.72. The molecular formula is C23H33N5O3. The number of benzene rings is 1. The Labute approximate surface area is 184 Å². The van der Waals surface area contributed by atoms with E-state index >= 15 is 0 Å². The number of morpholine rings is 1. The Morgan fingerprint density at radius 1 is 1.00 bits per heavy atom. The Morgan fingerprint density at radius 3 is 2.42 bits per heavy atom. The van der Waals surface area contributed by atoms with Gasteiger partial charge in [0.15, 0.2) is 17.4 Å². The van der Waals surface area contributed by atoms with Gasteiger partial charge in [-0.3, -0.25) is 4.90 Å². The summed E-state index contributed by atoms with van der Waals surface area (Å²) in [7, 11) is 0. The standard InChI is InChI=1S/C23H33N5O3/c1-3-26-8-10-27(11-9-26)17-20-21(31-4-2)23(28-12-14-30-15-13-28)25-22(24-20)18-6-5-7-19(29)16-18/h5-7,16,29H,3-4,8-15,17H2,1-2H3. The normalized spacial score (nSPS) is 18.3. The van der Waals surface area contributed by atoms with Crippen LogP contribution in [0.3, 0.4) is 0 Å². The second-order valence-corrected chi connectivity index (χ2v) is 7.94. The number of aromatic nitrogens is 2. The van der Waals surface area contributed by atoms with Crippen molar-refractivity contribution in [2.24, 2.45) is 0 Å². The number of anilines is 1. The van der Waals surface area contributed by atoms with Crippen molar-refractivity contribution in [1.82, 2.24) is 19.8 Å². The van der Waals surface area contributed by atoms with Gasteiger partial charge in [-0.25, -0.2) is 9.97 Å². The minimum Gasteiger partial charge on any atom is -0.508 e. The fourth-order valence-corrected chi connectivity index (χ4v) is 4.12. The SMILES string of the molecule is CCOc1c(CN2CCN(CC)CC2)nc(-c2cccc(O)c2)nc1N1CCOCC1. The molecule has 8 nitrogen and oxygen atoms in total. The minimum absolute atomic E-state index is 0.208. The third-order valence-electron chi connectivity index (χ3n) is 5.91. The van der Waals surface area contributed by atoms with Crippen LogP contribution in [0.25, 0.3) is 11.4 Å². The van der Waals surface area contributed by atoms with Crippen LogP contribution in [0.5, 0.6) is 11.5 Å².